The number of fused-ring (bicyclic) bond motifs is 1. The van der Waals surface area contributed by atoms with Crippen molar-refractivity contribution in [2.75, 3.05) is 18.6 Å². The number of methoxy groups -OCH3 is 1. The van der Waals surface area contributed by atoms with Crippen LogP contribution in [-0.2, 0) is 16.0 Å². The van der Waals surface area contributed by atoms with Crippen LogP contribution in [0.1, 0.15) is 30.5 Å². The Bertz CT molecular complexity index is 1220. The number of benzene rings is 3. The number of ether oxygens (including phenoxy) is 1. The highest BCUT2D eigenvalue weighted by atomic mass is 32.1. The molecule has 174 valence electrons. The standard InChI is InChI=1S/C27H27N3O3S/c1-19(31)28-24(21-12-14-22(33-2)15-13-21)18-26(32)30(17-16-20-8-4-3-5-9-20)27-29-23-10-6-7-11-25(23)34-27/h3-15,24H,16-18H2,1-2H3,(H,28,31). The Morgan fingerprint density at radius 1 is 1.00 bits per heavy atom. The molecule has 7 heteroatoms. The number of amides is 2. The molecule has 1 unspecified atom stereocenters. The van der Waals surface area contributed by atoms with E-state index in [2.05, 4.69) is 17.4 Å². The van der Waals surface area contributed by atoms with Gasteiger partial charge >= 0.3 is 0 Å². The van der Waals surface area contributed by atoms with E-state index in [9.17, 15) is 9.59 Å². The van der Waals surface area contributed by atoms with Gasteiger partial charge in [0, 0.05) is 13.5 Å². The zero-order valence-corrected chi connectivity index (χ0v) is 20.0. The van der Waals surface area contributed by atoms with E-state index in [1.165, 1.54) is 18.3 Å². The third-order valence-corrected chi connectivity index (χ3v) is 6.62. The van der Waals surface area contributed by atoms with Crippen LogP contribution < -0.4 is 15.0 Å². The summed E-state index contributed by atoms with van der Waals surface area (Å²) < 4.78 is 6.27. The van der Waals surface area contributed by atoms with Gasteiger partial charge in [-0.05, 0) is 41.8 Å². The van der Waals surface area contributed by atoms with Crippen LogP contribution in [0.2, 0.25) is 0 Å². The largest absolute Gasteiger partial charge is 0.497 e. The van der Waals surface area contributed by atoms with Gasteiger partial charge in [-0.2, -0.15) is 0 Å². The summed E-state index contributed by atoms with van der Waals surface area (Å²) in [6.45, 7) is 1.96. The van der Waals surface area contributed by atoms with Crippen molar-refractivity contribution >= 4 is 38.5 Å². The van der Waals surface area contributed by atoms with Crippen molar-refractivity contribution in [3.05, 3.63) is 90.0 Å². The first-order chi connectivity index (χ1) is 16.5. The third kappa shape index (κ3) is 5.80. The van der Waals surface area contributed by atoms with Crippen molar-refractivity contribution in [3.8, 4) is 5.75 Å². The van der Waals surface area contributed by atoms with Crippen molar-refractivity contribution in [1.82, 2.24) is 10.3 Å². The lowest BCUT2D eigenvalue weighted by Gasteiger charge is -2.24. The summed E-state index contributed by atoms with van der Waals surface area (Å²) in [5, 5.41) is 3.59. The van der Waals surface area contributed by atoms with Crippen LogP contribution in [0, 0.1) is 0 Å². The monoisotopic (exact) mass is 473 g/mol. The zero-order valence-electron chi connectivity index (χ0n) is 19.2. The minimum absolute atomic E-state index is 0.0930. The topological polar surface area (TPSA) is 71.5 Å². The van der Waals surface area contributed by atoms with Crippen LogP contribution >= 0.6 is 11.3 Å². The zero-order chi connectivity index (χ0) is 23.9. The molecule has 0 bridgehead atoms. The quantitative estimate of drug-likeness (QED) is 0.365. The molecule has 4 rings (SSSR count). The Balaban J connectivity index is 1.61. The lowest BCUT2D eigenvalue weighted by atomic mass is 10.0. The first-order valence-electron chi connectivity index (χ1n) is 11.1. The summed E-state index contributed by atoms with van der Waals surface area (Å²) in [6.07, 6.45) is 0.826. The first-order valence-corrected chi connectivity index (χ1v) is 12.0. The molecule has 2 amide bonds. The fraction of sp³-hybridized carbons (Fsp3) is 0.222. The van der Waals surface area contributed by atoms with Gasteiger partial charge in [0.25, 0.3) is 0 Å². The molecule has 0 aliphatic carbocycles. The number of hydrogen-bond acceptors (Lipinski definition) is 5. The molecule has 1 heterocycles. The second kappa shape index (κ2) is 10.9. The summed E-state index contributed by atoms with van der Waals surface area (Å²) in [5.74, 6) is 0.435. The number of para-hydroxylation sites is 1. The van der Waals surface area contributed by atoms with E-state index >= 15 is 0 Å². The van der Waals surface area contributed by atoms with Crippen LogP contribution in [0.25, 0.3) is 10.2 Å². The Morgan fingerprint density at radius 3 is 2.38 bits per heavy atom. The molecule has 0 spiro atoms. The highest BCUT2D eigenvalue weighted by molar-refractivity contribution is 7.22. The maximum atomic E-state index is 13.6. The highest BCUT2D eigenvalue weighted by Crippen LogP contribution is 2.30. The summed E-state index contributed by atoms with van der Waals surface area (Å²) in [6, 6.07) is 24.9. The summed E-state index contributed by atoms with van der Waals surface area (Å²) in [7, 11) is 1.60. The predicted molar refractivity (Wildman–Crippen MR) is 136 cm³/mol. The molecule has 0 radical (unpaired) electrons. The first kappa shape index (κ1) is 23.4. The molecular formula is C27H27N3O3S. The maximum Gasteiger partial charge on any atom is 0.231 e. The number of hydrogen-bond donors (Lipinski definition) is 1. The van der Waals surface area contributed by atoms with Crippen LogP contribution in [0.4, 0.5) is 5.13 Å². The van der Waals surface area contributed by atoms with E-state index in [0.717, 1.165) is 27.1 Å². The van der Waals surface area contributed by atoms with Crippen LogP contribution in [-0.4, -0.2) is 30.5 Å². The van der Waals surface area contributed by atoms with E-state index in [1.54, 1.807) is 12.0 Å². The molecule has 3 aromatic carbocycles. The summed E-state index contributed by atoms with van der Waals surface area (Å²) in [4.78, 5) is 32.1. The molecular weight excluding hydrogens is 446 g/mol. The molecule has 1 N–H and O–H groups in total. The van der Waals surface area contributed by atoms with Gasteiger partial charge in [-0.1, -0.05) is 65.9 Å². The molecule has 0 aliphatic heterocycles. The third-order valence-electron chi connectivity index (χ3n) is 5.56. The van der Waals surface area contributed by atoms with E-state index < -0.39 is 6.04 Å². The van der Waals surface area contributed by atoms with Gasteiger partial charge in [0.1, 0.15) is 5.75 Å². The number of nitrogens with one attached hydrogen (secondary N) is 1. The fourth-order valence-corrected chi connectivity index (χ4v) is 4.82. The SMILES string of the molecule is COc1ccc(C(CC(=O)N(CCc2ccccc2)c2nc3ccccc3s2)NC(C)=O)cc1. The normalized spacial score (nSPS) is 11.7. The maximum absolute atomic E-state index is 13.6. The van der Waals surface area contributed by atoms with Crippen LogP contribution in [0.15, 0.2) is 78.9 Å². The number of carbonyl (C=O) groups excluding carboxylic acids is 2. The van der Waals surface area contributed by atoms with E-state index in [1.807, 2.05) is 66.7 Å². The number of thiazole rings is 1. The summed E-state index contributed by atoms with van der Waals surface area (Å²) in [5.41, 5.74) is 2.86. The number of rotatable bonds is 9. The van der Waals surface area contributed by atoms with E-state index in [0.29, 0.717) is 18.1 Å². The number of aromatic nitrogens is 1. The number of carbonyl (C=O) groups is 2. The Hall–Kier alpha value is -3.71. The van der Waals surface area contributed by atoms with E-state index in [4.69, 9.17) is 9.72 Å². The molecule has 1 atom stereocenters. The van der Waals surface area contributed by atoms with Crippen molar-refractivity contribution < 1.29 is 14.3 Å². The van der Waals surface area contributed by atoms with Gasteiger partial charge < -0.3 is 10.1 Å². The predicted octanol–water partition coefficient (Wildman–Crippen LogP) is 5.15. The van der Waals surface area contributed by atoms with Gasteiger partial charge in [0.2, 0.25) is 11.8 Å². The lowest BCUT2D eigenvalue weighted by molar-refractivity contribution is -0.121. The van der Waals surface area contributed by atoms with Crippen molar-refractivity contribution in [2.45, 2.75) is 25.8 Å². The summed E-state index contributed by atoms with van der Waals surface area (Å²) >= 11 is 1.50. The average molecular weight is 474 g/mol. The molecule has 0 saturated heterocycles. The van der Waals surface area contributed by atoms with Gasteiger partial charge in [-0.3, -0.25) is 14.5 Å². The number of nitrogens with zero attached hydrogens (tertiary/aromatic N) is 2. The fourth-order valence-electron chi connectivity index (χ4n) is 3.81. The Kier molecular flexibility index (Phi) is 7.54. The van der Waals surface area contributed by atoms with Gasteiger partial charge in [0.15, 0.2) is 5.13 Å². The van der Waals surface area contributed by atoms with Crippen molar-refractivity contribution in [3.63, 3.8) is 0 Å². The Morgan fingerprint density at radius 2 is 1.71 bits per heavy atom. The van der Waals surface area contributed by atoms with Crippen LogP contribution in [0.5, 0.6) is 5.75 Å². The lowest BCUT2D eigenvalue weighted by Crippen LogP contribution is -2.37. The van der Waals surface area contributed by atoms with Gasteiger partial charge in [-0.25, -0.2) is 4.98 Å². The molecule has 1 aromatic heterocycles. The van der Waals surface area contributed by atoms with Gasteiger partial charge in [-0.15, -0.1) is 0 Å². The molecule has 0 aliphatic rings. The second-order valence-electron chi connectivity index (χ2n) is 7.98. The minimum atomic E-state index is -0.454. The smallest absolute Gasteiger partial charge is 0.231 e. The van der Waals surface area contributed by atoms with Crippen molar-refractivity contribution in [1.29, 1.82) is 0 Å². The second-order valence-corrected chi connectivity index (χ2v) is 8.98. The number of anilines is 1. The molecule has 34 heavy (non-hydrogen) atoms. The molecule has 6 nitrogen and oxygen atoms in total. The minimum Gasteiger partial charge on any atom is -0.497 e. The van der Waals surface area contributed by atoms with E-state index in [-0.39, 0.29) is 18.2 Å². The average Bonchev–Trinajstić information content (AvgIpc) is 3.28. The van der Waals surface area contributed by atoms with Gasteiger partial charge in [0.05, 0.1) is 29.8 Å². The molecule has 0 saturated carbocycles. The Labute approximate surface area is 203 Å². The van der Waals surface area contributed by atoms with Crippen molar-refractivity contribution in [2.24, 2.45) is 0 Å². The van der Waals surface area contributed by atoms with Crippen LogP contribution in [0.3, 0.4) is 0 Å². The highest BCUT2D eigenvalue weighted by Gasteiger charge is 2.25. The molecule has 0 fully saturated rings. The molecule has 4 aromatic rings.